The van der Waals surface area contributed by atoms with Crippen LogP contribution in [0, 0.1) is 0 Å². The smallest absolute Gasteiger partial charge is 0.306 e. The molecule has 0 aliphatic heterocycles. The van der Waals surface area contributed by atoms with Crippen LogP contribution in [0.3, 0.4) is 0 Å². The molecule has 0 radical (unpaired) electrons. The van der Waals surface area contributed by atoms with E-state index >= 15 is 0 Å². The zero-order valence-electron chi connectivity index (χ0n) is 34.9. The molecule has 0 rings (SSSR count). The lowest BCUT2D eigenvalue weighted by molar-refractivity contribution is -0.166. The van der Waals surface area contributed by atoms with Crippen molar-refractivity contribution in [1.82, 2.24) is 0 Å². The second kappa shape index (κ2) is 42.8. The lowest BCUT2D eigenvalue weighted by Gasteiger charge is -2.18. The minimum absolute atomic E-state index is 0.140. The van der Waals surface area contributed by atoms with Gasteiger partial charge in [-0.3, -0.25) is 14.4 Å². The number of hydrogen-bond acceptors (Lipinski definition) is 6. The number of carbonyl (C=O) groups is 3. The first kappa shape index (κ1) is 51.1. The molecular weight excluding hydrogens is 685 g/mol. The molecule has 0 aromatic heterocycles. The van der Waals surface area contributed by atoms with Gasteiger partial charge in [-0.1, -0.05) is 182 Å². The molecule has 0 spiro atoms. The predicted octanol–water partition coefficient (Wildman–Crippen LogP) is 13.6. The van der Waals surface area contributed by atoms with E-state index in [4.69, 9.17) is 14.2 Å². The molecule has 1 atom stereocenters. The van der Waals surface area contributed by atoms with Gasteiger partial charge in [-0.15, -0.1) is 0 Å². The summed E-state index contributed by atoms with van der Waals surface area (Å²) in [5.41, 5.74) is 0. The fraction of sp³-hybridized carbons (Fsp3) is 0.571. The molecule has 1 unspecified atom stereocenters. The molecular formula is C49H76O6. The second-order valence-electron chi connectivity index (χ2n) is 13.7. The summed E-state index contributed by atoms with van der Waals surface area (Å²) >= 11 is 0. The number of carbonyl (C=O) groups excluding carboxylic acids is 3. The Morgan fingerprint density at radius 1 is 0.400 bits per heavy atom. The van der Waals surface area contributed by atoms with Crippen molar-refractivity contribution in [3.63, 3.8) is 0 Å². The van der Waals surface area contributed by atoms with Crippen LogP contribution in [-0.4, -0.2) is 37.2 Å². The highest BCUT2D eigenvalue weighted by Gasteiger charge is 2.19. The number of unbranched alkanes of at least 4 members (excludes halogenated alkanes) is 12. The summed E-state index contributed by atoms with van der Waals surface area (Å²) in [4.78, 5) is 37.6. The van der Waals surface area contributed by atoms with E-state index in [1.807, 2.05) is 60.8 Å². The van der Waals surface area contributed by atoms with E-state index < -0.39 is 12.1 Å². The average Bonchev–Trinajstić information content (AvgIpc) is 3.18. The van der Waals surface area contributed by atoms with Crippen LogP contribution < -0.4 is 0 Å². The van der Waals surface area contributed by atoms with E-state index in [-0.39, 0.29) is 38.0 Å². The highest BCUT2D eigenvalue weighted by molar-refractivity contribution is 5.71. The molecule has 308 valence electrons. The number of allylic oxidation sites excluding steroid dienone is 18. The Hall–Kier alpha value is -3.93. The first-order valence-corrected chi connectivity index (χ1v) is 21.5. The summed E-state index contributed by atoms with van der Waals surface area (Å²) in [5, 5.41) is 0. The van der Waals surface area contributed by atoms with Gasteiger partial charge in [-0.25, -0.2) is 0 Å². The van der Waals surface area contributed by atoms with Crippen LogP contribution in [0.2, 0.25) is 0 Å². The number of rotatable bonds is 36. The van der Waals surface area contributed by atoms with Crippen LogP contribution >= 0.6 is 0 Å². The fourth-order valence-electron chi connectivity index (χ4n) is 5.15. The standard InChI is InChI=1S/C49H76O6/c1-4-7-10-13-16-19-22-24-27-30-33-36-39-42-48(51)54-45-46(44-53-47(50)41-38-35-32-29-26-21-18-15-12-9-6-3)55-49(52)43-40-37-34-31-28-25-23-20-17-14-11-8-5-2/h7,10,13,15-16,18-19,21-22,24-28,30,33-34,37,46H,4-6,8-9,11-12,14,17,20,23,29,31-32,35-36,38-45H2,1-3H3/b10-7-,16-13-,18-15-,22-19-,26-21-,27-24-,28-25-,33-30-,37-34-. The van der Waals surface area contributed by atoms with E-state index in [0.717, 1.165) is 57.8 Å². The van der Waals surface area contributed by atoms with Crippen molar-refractivity contribution in [2.24, 2.45) is 0 Å². The van der Waals surface area contributed by atoms with E-state index in [2.05, 4.69) is 69.4 Å². The molecule has 0 aromatic rings. The molecule has 0 bridgehead atoms. The monoisotopic (exact) mass is 761 g/mol. The van der Waals surface area contributed by atoms with Gasteiger partial charge in [0.25, 0.3) is 0 Å². The molecule has 0 saturated heterocycles. The van der Waals surface area contributed by atoms with Crippen molar-refractivity contribution < 1.29 is 28.6 Å². The van der Waals surface area contributed by atoms with Crippen LogP contribution in [0.4, 0.5) is 0 Å². The number of esters is 3. The topological polar surface area (TPSA) is 78.9 Å². The van der Waals surface area contributed by atoms with Crippen LogP contribution in [0.5, 0.6) is 0 Å². The van der Waals surface area contributed by atoms with Gasteiger partial charge >= 0.3 is 17.9 Å². The molecule has 55 heavy (non-hydrogen) atoms. The summed E-state index contributed by atoms with van der Waals surface area (Å²) in [6.07, 6.45) is 56.6. The number of ether oxygens (including phenoxy) is 3. The molecule has 0 heterocycles. The van der Waals surface area contributed by atoms with E-state index in [1.54, 1.807) is 0 Å². The third-order valence-electron chi connectivity index (χ3n) is 8.40. The van der Waals surface area contributed by atoms with Crippen molar-refractivity contribution in [2.75, 3.05) is 13.2 Å². The summed E-state index contributed by atoms with van der Waals surface area (Å²) in [6.45, 7) is 6.24. The molecule has 0 fully saturated rings. The lowest BCUT2D eigenvalue weighted by Crippen LogP contribution is -2.30. The van der Waals surface area contributed by atoms with Crippen molar-refractivity contribution >= 4 is 17.9 Å². The van der Waals surface area contributed by atoms with E-state index in [1.165, 1.54) is 51.4 Å². The molecule has 0 saturated carbocycles. The predicted molar refractivity (Wildman–Crippen MR) is 233 cm³/mol. The van der Waals surface area contributed by atoms with Gasteiger partial charge < -0.3 is 14.2 Å². The Labute approximate surface area is 336 Å². The zero-order chi connectivity index (χ0) is 40.1. The maximum atomic E-state index is 12.7. The van der Waals surface area contributed by atoms with E-state index in [0.29, 0.717) is 19.3 Å². The molecule has 0 N–H and O–H groups in total. The van der Waals surface area contributed by atoms with Gasteiger partial charge in [0.05, 0.1) is 0 Å². The maximum Gasteiger partial charge on any atom is 0.306 e. The Kier molecular flexibility index (Phi) is 39.7. The van der Waals surface area contributed by atoms with E-state index in [9.17, 15) is 14.4 Å². The summed E-state index contributed by atoms with van der Waals surface area (Å²) < 4.78 is 16.5. The van der Waals surface area contributed by atoms with Crippen LogP contribution in [0.15, 0.2) is 109 Å². The summed E-state index contributed by atoms with van der Waals surface area (Å²) in [7, 11) is 0. The van der Waals surface area contributed by atoms with Gasteiger partial charge in [0.15, 0.2) is 6.10 Å². The molecule has 0 amide bonds. The minimum Gasteiger partial charge on any atom is -0.462 e. The SMILES string of the molecule is CC\C=C/C=C\C=C/C=C\C=C/CCCC(=O)OCC(COC(=O)CCCCC/C=C\C=C/CCCC)OC(=O)CC/C=C\C/C=C\CCCCCCCC. The van der Waals surface area contributed by atoms with Gasteiger partial charge in [-0.05, 0) is 70.6 Å². The summed E-state index contributed by atoms with van der Waals surface area (Å²) in [6, 6.07) is 0. The van der Waals surface area contributed by atoms with Crippen molar-refractivity contribution in [3.8, 4) is 0 Å². The van der Waals surface area contributed by atoms with Gasteiger partial charge in [-0.2, -0.15) is 0 Å². The van der Waals surface area contributed by atoms with Gasteiger partial charge in [0, 0.05) is 19.3 Å². The quantitative estimate of drug-likeness (QED) is 0.0208. The molecule has 6 heteroatoms. The maximum absolute atomic E-state index is 12.7. The number of hydrogen-bond donors (Lipinski definition) is 0. The van der Waals surface area contributed by atoms with Crippen molar-refractivity contribution in [2.45, 2.75) is 168 Å². The minimum atomic E-state index is -0.847. The molecule has 0 aliphatic rings. The molecule has 0 aromatic carbocycles. The Balaban J connectivity index is 4.65. The third-order valence-corrected chi connectivity index (χ3v) is 8.40. The Bertz CT molecular complexity index is 1200. The second-order valence-corrected chi connectivity index (χ2v) is 13.7. The van der Waals surface area contributed by atoms with Crippen molar-refractivity contribution in [1.29, 1.82) is 0 Å². The Morgan fingerprint density at radius 2 is 0.855 bits per heavy atom. The molecule has 6 nitrogen and oxygen atoms in total. The van der Waals surface area contributed by atoms with Gasteiger partial charge in [0.2, 0.25) is 0 Å². The van der Waals surface area contributed by atoms with Crippen molar-refractivity contribution in [3.05, 3.63) is 109 Å². The Morgan fingerprint density at radius 3 is 1.47 bits per heavy atom. The largest absolute Gasteiger partial charge is 0.462 e. The highest BCUT2D eigenvalue weighted by Crippen LogP contribution is 2.10. The van der Waals surface area contributed by atoms with Crippen LogP contribution in [0.1, 0.15) is 162 Å². The first-order chi connectivity index (χ1) is 27.0. The van der Waals surface area contributed by atoms with Gasteiger partial charge in [0.1, 0.15) is 13.2 Å². The highest BCUT2D eigenvalue weighted by atomic mass is 16.6. The van der Waals surface area contributed by atoms with Crippen LogP contribution in [-0.2, 0) is 28.6 Å². The summed E-state index contributed by atoms with van der Waals surface area (Å²) in [5.74, 6) is -1.13. The first-order valence-electron chi connectivity index (χ1n) is 21.5. The fourth-order valence-corrected chi connectivity index (χ4v) is 5.15. The normalized spacial score (nSPS) is 13.1. The third kappa shape index (κ3) is 41.1. The van der Waals surface area contributed by atoms with Crippen LogP contribution in [0.25, 0.3) is 0 Å². The average molecular weight is 761 g/mol. The lowest BCUT2D eigenvalue weighted by atomic mass is 10.1. The molecule has 0 aliphatic carbocycles. The zero-order valence-corrected chi connectivity index (χ0v) is 34.9.